The second-order valence-electron chi connectivity index (χ2n) is 1.69. The first-order valence-electron chi connectivity index (χ1n) is 2.34. The van der Waals surface area contributed by atoms with E-state index in [1.807, 2.05) is 0 Å². The maximum absolute atomic E-state index is 3.82. The van der Waals surface area contributed by atoms with E-state index >= 15 is 0 Å². The molecule has 0 amide bonds. The second-order valence-corrected chi connectivity index (χ2v) is 2.55. The Balaban J connectivity index is 2.72. The van der Waals surface area contributed by atoms with Gasteiger partial charge in [-0.3, -0.25) is 0 Å². The molecule has 0 fully saturated rings. The first-order valence-corrected chi connectivity index (χ1v) is 3.14. The minimum Gasteiger partial charge on any atom is -0.0947 e. The summed E-state index contributed by atoms with van der Waals surface area (Å²) < 4.78 is 1.20. The van der Waals surface area contributed by atoms with Crippen LogP contribution in [-0.2, 0) is 0 Å². The van der Waals surface area contributed by atoms with E-state index in [1.165, 1.54) is 16.5 Å². The van der Waals surface area contributed by atoms with Crippen LogP contribution in [0.3, 0.4) is 0 Å². The third-order valence-electron chi connectivity index (χ3n) is 1.11. The van der Waals surface area contributed by atoms with Gasteiger partial charge in [0.25, 0.3) is 0 Å². The third-order valence-corrected chi connectivity index (χ3v) is 1.99. The molecule has 7 heavy (non-hydrogen) atoms. The predicted octanol–water partition coefficient (Wildman–Crippen LogP) is 2.62. The lowest BCUT2D eigenvalue weighted by atomic mass is 10.3. The highest BCUT2D eigenvalue weighted by atomic mass is 79.9. The molecule has 1 rings (SSSR count). The van der Waals surface area contributed by atoms with Crippen LogP contribution < -0.4 is 0 Å². The molecule has 0 aromatic carbocycles. The van der Waals surface area contributed by atoms with Crippen molar-refractivity contribution in [2.45, 2.75) is 12.8 Å². The Morgan fingerprint density at radius 1 is 1.71 bits per heavy atom. The van der Waals surface area contributed by atoms with Crippen LogP contribution in [0.5, 0.6) is 0 Å². The van der Waals surface area contributed by atoms with E-state index in [9.17, 15) is 0 Å². The van der Waals surface area contributed by atoms with Crippen LogP contribution in [-0.4, -0.2) is 0 Å². The lowest BCUT2D eigenvalue weighted by Crippen LogP contribution is -1.65. The third kappa shape index (κ3) is 0.942. The van der Waals surface area contributed by atoms with Crippen molar-refractivity contribution in [3.8, 4) is 0 Å². The van der Waals surface area contributed by atoms with E-state index in [-0.39, 0.29) is 0 Å². The van der Waals surface area contributed by atoms with Gasteiger partial charge in [0, 0.05) is 4.48 Å². The van der Waals surface area contributed by atoms with Gasteiger partial charge in [0.15, 0.2) is 0 Å². The fraction of sp³-hybridized carbons (Fsp3) is 0.333. The van der Waals surface area contributed by atoms with Gasteiger partial charge in [-0.2, -0.15) is 0 Å². The van der Waals surface area contributed by atoms with Gasteiger partial charge >= 0.3 is 0 Å². The summed E-state index contributed by atoms with van der Waals surface area (Å²) in [5.41, 5.74) is 1.24. The molecule has 0 aromatic heterocycles. The lowest BCUT2D eigenvalue weighted by molar-refractivity contribution is 1.07. The molecular formula is C6H7Br. The van der Waals surface area contributed by atoms with Crippen molar-refractivity contribution in [1.29, 1.82) is 0 Å². The first kappa shape index (κ1) is 5.10. The summed E-state index contributed by atoms with van der Waals surface area (Å²) in [4.78, 5) is 0. The summed E-state index contributed by atoms with van der Waals surface area (Å²) in [6.45, 7) is 3.82. The van der Waals surface area contributed by atoms with E-state index in [2.05, 4.69) is 28.6 Å². The average Bonchev–Trinajstić information content (AvgIpc) is 1.91. The van der Waals surface area contributed by atoms with Crippen molar-refractivity contribution in [3.63, 3.8) is 0 Å². The van der Waals surface area contributed by atoms with Crippen molar-refractivity contribution in [2.24, 2.45) is 0 Å². The summed E-state index contributed by atoms with van der Waals surface area (Å²) >= 11 is 3.37. The summed E-state index contributed by atoms with van der Waals surface area (Å²) in [6, 6.07) is 0. The number of allylic oxidation sites excluding steroid dienone is 3. The zero-order valence-corrected chi connectivity index (χ0v) is 5.66. The van der Waals surface area contributed by atoms with Crippen molar-refractivity contribution in [3.05, 3.63) is 22.7 Å². The molecule has 0 aromatic rings. The van der Waals surface area contributed by atoms with Gasteiger partial charge in [0.1, 0.15) is 0 Å². The summed E-state index contributed by atoms with van der Waals surface area (Å²) in [7, 11) is 0. The molecule has 0 unspecified atom stereocenters. The minimum atomic E-state index is 1.14. The van der Waals surface area contributed by atoms with Crippen molar-refractivity contribution in [2.75, 3.05) is 0 Å². The summed E-state index contributed by atoms with van der Waals surface area (Å²) in [6.07, 6.45) is 4.46. The van der Waals surface area contributed by atoms with Gasteiger partial charge in [0.05, 0.1) is 0 Å². The topological polar surface area (TPSA) is 0 Å². The molecule has 0 saturated carbocycles. The Morgan fingerprint density at radius 2 is 2.43 bits per heavy atom. The Kier molecular flexibility index (Phi) is 1.33. The second kappa shape index (κ2) is 1.83. The van der Waals surface area contributed by atoms with Crippen LogP contribution >= 0.6 is 15.9 Å². The molecule has 0 radical (unpaired) electrons. The smallest absolute Gasteiger partial charge is 0.0161 e. The fourth-order valence-corrected chi connectivity index (χ4v) is 1.06. The zero-order valence-electron chi connectivity index (χ0n) is 4.08. The molecule has 0 spiro atoms. The van der Waals surface area contributed by atoms with E-state index < -0.39 is 0 Å². The fourth-order valence-electron chi connectivity index (χ4n) is 0.637. The van der Waals surface area contributed by atoms with Crippen LogP contribution in [0, 0.1) is 0 Å². The molecule has 0 bridgehead atoms. The number of hydrogen-bond donors (Lipinski definition) is 0. The van der Waals surface area contributed by atoms with Crippen LogP contribution in [0.15, 0.2) is 22.7 Å². The van der Waals surface area contributed by atoms with Gasteiger partial charge in [-0.25, -0.2) is 0 Å². The summed E-state index contributed by atoms with van der Waals surface area (Å²) in [5, 5.41) is 0. The molecule has 1 aliphatic rings. The van der Waals surface area contributed by atoms with E-state index in [0.29, 0.717) is 0 Å². The summed E-state index contributed by atoms with van der Waals surface area (Å²) in [5.74, 6) is 0. The number of rotatable bonds is 0. The maximum atomic E-state index is 3.82. The largest absolute Gasteiger partial charge is 0.0947 e. The molecule has 0 aliphatic heterocycles. The van der Waals surface area contributed by atoms with Crippen molar-refractivity contribution < 1.29 is 0 Å². The molecule has 0 nitrogen and oxygen atoms in total. The van der Waals surface area contributed by atoms with Gasteiger partial charge < -0.3 is 0 Å². The molecule has 38 valence electrons. The highest BCUT2D eigenvalue weighted by Crippen LogP contribution is 2.27. The van der Waals surface area contributed by atoms with Crippen LogP contribution in [0.25, 0.3) is 0 Å². The minimum absolute atomic E-state index is 1.14. The van der Waals surface area contributed by atoms with Gasteiger partial charge in [-0.1, -0.05) is 28.6 Å². The van der Waals surface area contributed by atoms with E-state index in [0.717, 1.165) is 6.42 Å². The quantitative estimate of drug-likeness (QED) is 0.509. The first-order chi connectivity index (χ1) is 3.30. The molecule has 0 atom stereocenters. The van der Waals surface area contributed by atoms with Gasteiger partial charge in [-0.15, -0.1) is 0 Å². The van der Waals surface area contributed by atoms with Crippen LogP contribution in [0.4, 0.5) is 0 Å². The molecular weight excluding hydrogens is 152 g/mol. The molecule has 0 saturated heterocycles. The van der Waals surface area contributed by atoms with Gasteiger partial charge in [0.2, 0.25) is 0 Å². The molecule has 1 heteroatoms. The predicted molar refractivity (Wildman–Crippen MR) is 35.4 cm³/mol. The Hall–Kier alpha value is -0.0400. The lowest BCUT2D eigenvalue weighted by Gasteiger charge is -1.86. The molecule has 1 aliphatic carbocycles. The highest BCUT2D eigenvalue weighted by molar-refractivity contribution is 9.12. The molecule has 0 N–H and O–H groups in total. The highest BCUT2D eigenvalue weighted by Gasteiger charge is 2.03. The van der Waals surface area contributed by atoms with Gasteiger partial charge in [-0.05, 0) is 18.4 Å². The maximum Gasteiger partial charge on any atom is 0.0161 e. The monoisotopic (exact) mass is 158 g/mol. The Bertz CT molecular complexity index is 122. The number of hydrogen-bond acceptors (Lipinski definition) is 0. The average molecular weight is 159 g/mol. The Labute approximate surface area is 52.0 Å². The number of halogens is 1. The zero-order chi connectivity index (χ0) is 5.28. The Morgan fingerprint density at radius 3 is 2.57 bits per heavy atom. The molecule has 0 heterocycles. The van der Waals surface area contributed by atoms with Crippen molar-refractivity contribution in [1.82, 2.24) is 0 Å². The normalized spacial score (nSPS) is 20.1. The van der Waals surface area contributed by atoms with Crippen molar-refractivity contribution >= 4 is 15.9 Å². The SMILES string of the molecule is C=C1CCC=C1Br. The van der Waals surface area contributed by atoms with E-state index in [4.69, 9.17) is 0 Å². The van der Waals surface area contributed by atoms with Crippen LogP contribution in [0.1, 0.15) is 12.8 Å². The van der Waals surface area contributed by atoms with Crippen LogP contribution in [0.2, 0.25) is 0 Å². The van der Waals surface area contributed by atoms with E-state index in [1.54, 1.807) is 0 Å². The standard InChI is InChI=1S/C6H7Br/c1-5-3-2-4-6(5)7/h4H,1-3H2.